The number of aromatic nitrogens is 1. The SMILES string of the molecule is Cc1cc(N2CCC3C(CCC(=O)N3C3CC3)C2)c(C#N)c(C)n1. The van der Waals surface area contributed by atoms with Crippen LogP contribution in [0.1, 0.15) is 49.1 Å². The summed E-state index contributed by atoms with van der Waals surface area (Å²) in [4.78, 5) is 21.3. The minimum atomic E-state index is 0.362. The Bertz CT molecular complexity index is 719. The van der Waals surface area contributed by atoms with Gasteiger partial charge in [-0.2, -0.15) is 5.26 Å². The Kier molecular flexibility index (Phi) is 3.71. The van der Waals surface area contributed by atoms with Crippen molar-refractivity contribution in [3.63, 3.8) is 0 Å². The normalized spacial score (nSPS) is 27.0. The molecule has 5 heteroatoms. The molecule has 0 bridgehead atoms. The zero-order valence-corrected chi connectivity index (χ0v) is 14.5. The number of nitrogens with zero attached hydrogens (tertiary/aromatic N) is 4. The van der Waals surface area contributed by atoms with Crippen LogP contribution >= 0.6 is 0 Å². The van der Waals surface area contributed by atoms with Gasteiger partial charge in [-0.3, -0.25) is 9.78 Å². The fourth-order valence-corrected chi connectivity index (χ4v) is 4.53. The summed E-state index contributed by atoms with van der Waals surface area (Å²) >= 11 is 0. The molecule has 3 aliphatic rings. The number of likely N-dealkylation sites (tertiary alicyclic amines) is 1. The van der Waals surface area contributed by atoms with Gasteiger partial charge in [0.25, 0.3) is 0 Å². The molecule has 2 aliphatic heterocycles. The second-order valence-electron chi connectivity index (χ2n) is 7.49. The van der Waals surface area contributed by atoms with Crippen LogP contribution in [0.3, 0.4) is 0 Å². The Hall–Kier alpha value is -2.09. The van der Waals surface area contributed by atoms with Gasteiger partial charge in [-0.25, -0.2) is 0 Å². The molecule has 2 atom stereocenters. The lowest BCUT2D eigenvalue weighted by Crippen LogP contribution is -2.56. The van der Waals surface area contributed by atoms with Crippen molar-refractivity contribution in [2.24, 2.45) is 5.92 Å². The van der Waals surface area contributed by atoms with Crippen LogP contribution in [0.2, 0.25) is 0 Å². The van der Waals surface area contributed by atoms with Gasteiger partial charge in [0.15, 0.2) is 0 Å². The van der Waals surface area contributed by atoms with Gasteiger partial charge in [0.1, 0.15) is 6.07 Å². The predicted octanol–water partition coefficient (Wildman–Crippen LogP) is 2.55. The van der Waals surface area contributed by atoms with Crippen molar-refractivity contribution >= 4 is 11.6 Å². The van der Waals surface area contributed by atoms with Gasteiger partial charge in [-0.05, 0) is 51.5 Å². The monoisotopic (exact) mass is 324 g/mol. The lowest BCUT2D eigenvalue weighted by atomic mass is 9.83. The van der Waals surface area contributed by atoms with Gasteiger partial charge in [0, 0.05) is 37.3 Å². The third kappa shape index (κ3) is 2.54. The van der Waals surface area contributed by atoms with Gasteiger partial charge >= 0.3 is 0 Å². The molecule has 1 aromatic rings. The Labute approximate surface area is 143 Å². The minimum Gasteiger partial charge on any atom is -0.370 e. The molecule has 1 aromatic heterocycles. The first-order valence-electron chi connectivity index (χ1n) is 9.03. The molecule has 1 aliphatic carbocycles. The van der Waals surface area contributed by atoms with Crippen molar-refractivity contribution in [3.05, 3.63) is 23.0 Å². The summed E-state index contributed by atoms with van der Waals surface area (Å²) in [6, 6.07) is 5.29. The van der Waals surface area contributed by atoms with Gasteiger partial charge in [-0.1, -0.05) is 0 Å². The number of carbonyl (C=O) groups is 1. The fourth-order valence-electron chi connectivity index (χ4n) is 4.53. The van der Waals surface area contributed by atoms with E-state index in [1.165, 1.54) is 12.8 Å². The average Bonchev–Trinajstić information content (AvgIpc) is 3.38. The molecule has 0 spiro atoms. The van der Waals surface area contributed by atoms with Crippen molar-refractivity contribution in [1.82, 2.24) is 9.88 Å². The summed E-state index contributed by atoms with van der Waals surface area (Å²) < 4.78 is 0. The first kappa shape index (κ1) is 15.4. The van der Waals surface area contributed by atoms with E-state index in [9.17, 15) is 10.1 Å². The minimum absolute atomic E-state index is 0.362. The lowest BCUT2D eigenvalue weighted by Gasteiger charge is -2.48. The van der Waals surface area contributed by atoms with Gasteiger partial charge < -0.3 is 9.80 Å². The number of carbonyl (C=O) groups excluding carboxylic acids is 1. The van der Waals surface area contributed by atoms with Crippen molar-refractivity contribution in [2.75, 3.05) is 18.0 Å². The molecule has 3 heterocycles. The third-order valence-electron chi connectivity index (χ3n) is 5.77. The Morgan fingerprint density at radius 3 is 2.75 bits per heavy atom. The van der Waals surface area contributed by atoms with Crippen molar-refractivity contribution in [2.45, 2.75) is 58.0 Å². The number of pyridine rings is 1. The molecule has 3 fully saturated rings. The van der Waals surface area contributed by atoms with Crippen molar-refractivity contribution in [1.29, 1.82) is 5.26 Å². The summed E-state index contributed by atoms with van der Waals surface area (Å²) in [5.74, 6) is 0.887. The van der Waals surface area contributed by atoms with Crippen LogP contribution in [-0.4, -0.2) is 41.0 Å². The van der Waals surface area contributed by atoms with Crippen LogP contribution in [-0.2, 0) is 4.79 Å². The molecule has 24 heavy (non-hydrogen) atoms. The number of nitriles is 1. The van der Waals surface area contributed by atoms with Crippen molar-refractivity contribution in [3.8, 4) is 6.07 Å². The summed E-state index contributed by atoms with van der Waals surface area (Å²) in [5, 5.41) is 9.54. The highest BCUT2D eigenvalue weighted by Gasteiger charge is 2.45. The molecule has 0 N–H and O–H groups in total. The number of aryl methyl sites for hydroxylation is 2. The maximum atomic E-state index is 12.3. The van der Waals surface area contributed by atoms with E-state index in [2.05, 4.69) is 20.9 Å². The predicted molar refractivity (Wildman–Crippen MR) is 91.6 cm³/mol. The average molecular weight is 324 g/mol. The van der Waals surface area contributed by atoms with Crippen LogP contribution in [0.15, 0.2) is 6.07 Å². The zero-order valence-electron chi connectivity index (χ0n) is 14.5. The molecule has 126 valence electrons. The molecule has 1 saturated carbocycles. The number of hydrogen-bond donors (Lipinski definition) is 0. The molecule has 4 rings (SSSR count). The number of rotatable bonds is 2. The Morgan fingerprint density at radius 2 is 2.04 bits per heavy atom. The van der Waals surface area contributed by atoms with Crippen LogP contribution in [0.4, 0.5) is 5.69 Å². The van der Waals surface area contributed by atoms with E-state index >= 15 is 0 Å². The molecule has 0 aromatic carbocycles. The van der Waals surface area contributed by atoms with Crippen LogP contribution in [0.5, 0.6) is 0 Å². The summed E-state index contributed by atoms with van der Waals surface area (Å²) in [6.07, 6.45) is 5.04. The highest BCUT2D eigenvalue weighted by molar-refractivity contribution is 5.78. The summed E-state index contributed by atoms with van der Waals surface area (Å²) in [6.45, 7) is 5.75. The quantitative estimate of drug-likeness (QED) is 0.839. The molecule has 2 saturated heterocycles. The van der Waals surface area contributed by atoms with E-state index in [0.717, 1.165) is 43.0 Å². The van der Waals surface area contributed by atoms with Gasteiger partial charge in [-0.15, -0.1) is 0 Å². The summed E-state index contributed by atoms with van der Waals surface area (Å²) in [7, 11) is 0. The summed E-state index contributed by atoms with van der Waals surface area (Å²) in [5.41, 5.74) is 3.50. The van der Waals surface area contributed by atoms with Crippen LogP contribution < -0.4 is 4.90 Å². The van der Waals surface area contributed by atoms with E-state index in [1.807, 2.05) is 19.9 Å². The van der Waals surface area contributed by atoms with E-state index in [4.69, 9.17) is 0 Å². The smallest absolute Gasteiger partial charge is 0.223 e. The maximum absolute atomic E-state index is 12.3. The number of amides is 1. The highest BCUT2D eigenvalue weighted by Crippen LogP contribution is 2.40. The third-order valence-corrected chi connectivity index (χ3v) is 5.77. The van der Waals surface area contributed by atoms with Crippen LogP contribution in [0, 0.1) is 31.1 Å². The number of hydrogen-bond acceptors (Lipinski definition) is 4. The second kappa shape index (κ2) is 5.77. The number of fused-ring (bicyclic) bond motifs is 1. The van der Waals surface area contributed by atoms with Gasteiger partial charge in [0.2, 0.25) is 5.91 Å². The molecular weight excluding hydrogens is 300 g/mol. The first-order valence-corrected chi connectivity index (χ1v) is 9.03. The van der Waals surface area contributed by atoms with E-state index in [0.29, 0.717) is 35.9 Å². The molecule has 1 amide bonds. The molecule has 0 radical (unpaired) electrons. The Balaban J connectivity index is 1.59. The highest BCUT2D eigenvalue weighted by atomic mass is 16.2. The van der Waals surface area contributed by atoms with Gasteiger partial charge in [0.05, 0.1) is 16.9 Å². The Morgan fingerprint density at radius 1 is 1.25 bits per heavy atom. The standard InChI is InChI=1S/C19H24N4O/c1-12-9-18(16(10-20)13(2)21-12)22-8-7-17-14(11-22)3-6-19(24)23(17)15-4-5-15/h9,14-15,17H,3-8,11H2,1-2H3. The zero-order chi connectivity index (χ0) is 16.8. The molecule has 5 nitrogen and oxygen atoms in total. The first-order chi connectivity index (χ1) is 11.6. The molecular formula is C19H24N4O. The largest absolute Gasteiger partial charge is 0.370 e. The topological polar surface area (TPSA) is 60.2 Å². The fraction of sp³-hybridized carbons (Fsp3) is 0.632. The van der Waals surface area contributed by atoms with E-state index < -0.39 is 0 Å². The molecule has 2 unspecified atom stereocenters. The van der Waals surface area contributed by atoms with Crippen molar-refractivity contribution < 1.29 is 4.79 Å². The lowest BCUT2D eigenvalue weighted by molar-refractivity contribution is -0.140. The van der Waals surface area contributed by atoms with E-state index in [1.54, 1.807) is 0 Å². The maximum Gasteiger partial charge on any atom is 0.223 e. The number of anilines is 1. The van der Waals surface area contributed by atoms with E-state index in [-0.39, 0.29) is 0 Å². The number of piperidine rings is 2. The van der Waals surface area contributed by atoms with Crippen LogP contribution in [0.25, 0.3) is 0 Å². The second-order valence-corrected chi connectivity index (χ2v) is 7.49.